The van der Waals surface area contributed by atoms with Crippen molar-refractivity contribution in [2.24, 2.45) is 0 Å². The number of hydrogen-bond acceptors (Lipinski definition) is 1. The number of hydrogen-bond donors (Lipinski definition) is 0. The average Bonchev–Trinajstić information content (AvgIpc) is 2.29. The first-order chi connectivity index (χ1) is 5.13. The highest BCUT2D eigenvalue weighted by Gasteiger charge is 2.36. The summed E-state index contributed by atoms with van der Waals surface area (Å²) >= 11 is 0. The summed E-state index contributed by atoms with van der Waals surface area (Å²) in [5.74, 6) is 0. The van der Waals surface area contributed by atoms with Crippen LogP contribution < -0.4 is 0 Å². The van der Waals surface area contributed by atoms with E-state index in [1.165, 1.54) is 30.8 Å². The van der Waals surface area contributed by atoms with E-state index in [9.17, 15) is 0 Å². The molecule has 0 N–H and O–H groups in total. The molecule has 0 amide bonds. The second-order valence-electron chi connectivity index (χ2n) is 3.90. The third kappa shape index (κ3) is 1.57. The van der Waals surface area contributed by atoms with Crippen LogP contribution in [0.2, 0.25) is 0 Å². The zero-order chi connectivity index (χ0) is 8.48. The van der Waals surface area contributed by atoms with Crippen LogP contribution in [0, 0.1) is 0 Å². The Kier molecular flexibility index (Phi) is 2.55. The first kappa shape index (κ1) is 9.01. The summed E-state index contributed by atoms with van der Waals surface area (Å²) in [6.45, 7) is 12.1. The summed E-state index contributed by atoms with van der Waals surface area (Å²) < 4.78 is 1.29. The zero-order valence-corrected chi connectivity index (χ0v) is 8.30. The molecule has 1 aliphatic heterocycles. The Labute approximate surface area is 70.4 Å². The Bertz CT molecular complexity index is 118. The first-order valence-corrected chi connectivity index (χ1v) is 4.69. The first-order valence-electron chi connectivity index (χ1n) is 4.69. The van der Waals surface area contributed by atoms with Crippen molar-refractivity contribution in [1.29, 1.82) is 0 Å². The lowest BCUT2D eigenvalue weighted by molar-refractivity contribution is -0.917. The molecule has 0 bridgehead atoms. The summed E-state index contributed by atoms with van der Waals surface area (Å²) in [4.78, 5) is 2.47. The van der Waals surface area contributed by atoms with E-state index in [0.717, 1.165) is 6.04 Å². The van der Waals surface area contributed by atoms with Gasteiger partial charge in [-0.1, -0.05) is 0 Å². The molecule has 0 aliphatic carbocycles. The van der Waals surface area contributed by atoms with Crippen LogP contribution in [0.5, 0.6) is 0 Å². The van der Waals surface area contributed by atoms with Gasteiger partial charge in [0.05, 0.1) is 25.7 Å². The molecule has 11 heavy (non-hydrogen) atoms. The zero-order valence-electron chi connectivity index (χ0n) is 8.30. The summed E-state index contributed by atoms with van der Waals surface area (Å²) in [6, 6.07) is 0.773. The van der Waals surface area contributed by atoms with Crippen molar-refractivity contribution in [3.63, 3.8) is 0 Å². The standard InChI is InChI=1S/C9H21N2/c1-5-11(6-2)7-9(3)10(4)8-11/h9H,5-8H2,1-4H3/q+1. The maximum atomic E-state index is 2.47. The largest absolute Gasteiger partial charge is 0.310 e. The van der Waals surface area contributed by atoms with Crippen molar-refractivity contribution in [1.82, 2.24) is 4.90 Å². The molecule has 1 heterocycles. The quantitative estimate of drug-likeness (QED) is 0.543. The van der Waals surface area contributed by atoms with E-state index in [2.05, 4.69) is 32.7 Å². The molecule has 0 spiro atoms. The molecular formula is C9H21N2+. The van der Waals surface area contributed by atoms with Gasteiger partial charge in [0.25, 0.3) is 0 Å². The fraction of sp³-hybridized carbons (Fsp3) is 1.00. The van der Waals surface area contributed by atoms with Gasteiger partial charge < -0.3 is 4.48 Å². The molecule has 1 atom stereocenters. The van der Waals surface area contributed by atoms with Crippen LogP contribution in [0.25, 0.3) is 0 Å². The molecule has 66 valence electrons. The summed E-state index contributed by atoms with van der Waals surface area (Å²) in [6.07, 6.45) is 0. The van der Waals surface area contributed by atoms with Gasteiger partial charge in [0, 0.05) is 0 Å². The normalized spacial score (nSPS) is 31.1. The lowest BCUT2D eigenvalue weighted by Crippen LogP contribution is -2.46. The molecule has 0 aromatic carbocycles. The number of nitrogens with zero attached hydrogens (tertiary/aromatic N) is 2. The molecular weight excluding hydrogens is 136 g/mol. The van der Waals surface area contributed by atoms with Gasteiger partial charge in [-0.3, -0.25) is 4.90 Å². The lowest BCUT2D eigenvalue weighted by Gasteiger charge is -2.31. The fourth-order valence-electron chi connectivity index (χ4n) is 2.05. The van der Waals surface area contributed by atoms with Crippen LogP contribution in [0.4, 0.5) is 0 Å². The highest BCUT2D eigenvalue weighted by Crippen LogP contribution is 2.19. The van der Waals surface area contributed by atoms with Crippen LogP contribution in [0.15, 0.2) is 0 Å². The van der Waals surface area contributed by atoms with Gasteiger partial charge in [0.1, 0.15) is 6.67 Å². The molecule has 0 aromatic rings. The Morgan fingerprint density at radius 2 is 1.91 bits per heavy atom. The molecule has 1 rings (SSSR count). The molecule has 2 heteroatoms. The Balaban J connectivity index is 2.61. The van der Waals surface area contributed by atoms with E-state index in [1.807, 2.05) is 0 Å². The van der Waals surface area contributed by atoms with Gasteiger partial charge in [-0.15, -0.1) is 0 Å². The van der Waals surface area contributed by atoms with Crippen molar-refractivity contribution in [3.8, 4) is 0 Å². The van der Waals surface area contributed by atoms with Crippen molar-refractivity contribution < 1.29 is 4.48 Å². The van der Waals surface area contributed by atoms with Gasteiger partial charge in [-0.05, 0) is 27.8 Å². The van der Waals surface area contributed by atoms with E-state index in [1.54, 1.807) is 0 Å². The van der Waals surface area contributed by atoms with Crippen molar-refractivity contribution in [2.75, 3.05) is 33.4 Å². The number of likely N-dealkylation sites (N-methyl/N-ethyl adjacent to an activating group) is 2. The summed E-state index contributed by atoms with van der Waals surface area (Å²) in [7, 11) is 2.23. The highest BCUT2D eigenvalue weighted by atomic mass is 15.5. The van der Waals surface area contributed by atoms with E-state index >= 15 is 0 Å². The highest BCUT2D eigenvalue weighted by molar-refractivity contribution is 4.66. The number of rotatable bonds is 2. The van der Waals surface area contributed by atoms with Crippen molar-refractivity contribution in [2.45, 2.75) is 26.8 Å². The van der Waals surface area contributed by atoms with Gasteiger partial charge >= 0.3 is 0 Å². The summed E-state index contributed by atoms with van der Waals surface area (Å²) in [5, 5.41) is 0. The minimum atomic E-state index is 0.773. The second-order valence-corrected chi connectivity index (χ2v) is 3.90. The molecule has 0 radical (unpaired) electrons. The topological polar surface area (TPSA) is 3.24 Å². The Morgan fingerprint density at radius 1 is 1.36 bits per heavy atom. The van der Waals surface area contributed by atoms with E-state index in [0.29, 0.717) is 0 Å². The van der Waals surface area contributed by atoms with E-state index in [-0.39, 0.29) is 0 Å². The number of quaternary nitrogens is 1. The third-order valence-electron chi connectivity index (χ3n) is 3.27. The Morgan fingerprint density at radius 3 is 2.09 bits per heavy atom. The molecule has 0 saturated carbocycles. The maximum Gasteiger partial charge on any atom is 0.135 e. The van der Waals surface area contributed by atoms with Crippen LogP contribution in [-0.2, 0) is 0 Å². The lowest BCUT2D eigenvalue weighted by atomic mass is 10.3. The predicted octanol–water partition coefficient (Wildman–Crippen LogP) is 1.13. The molecule has 2 nitrogen and oxygen atoms in total. The minimum Gasteiger partial charge on any atom is -0.310 e. The maximum absolute atomic E-state index is 2.47. The van der Waals surface area contributed by atoms with Gasteiger partial charge in [0.2, 0.25) is 0 Å². The fourth-order valence-corrected chi connectivity index (χ4v) is 2.05. The van der Waals surface area contributed by atoms with E-state index < -0.39 is 0 Å². The summed E-state index contributed by atoms with van der Waals surface area (Å²) in [5.41, 5.74) is 0. The molecule has 1 fully saturated rings. The molecule has 1 saturated heterocycles. The molecule has 1 unspecified atom stereocenters. The van der Waals surface area contributed by atoms with Crippen LogP contribution in [-0.4, -0.2) is 48.8 Å². The minimum absolute atomic E-state index is 0.773. The SMILES string of the molecule is CC[N+]1(CC)CC(C)N(C)C1. The molecule has 0 aromatic heterocycles. The van der Waals surface area contributed by atoms with E-state index in [4.69, 9.17) is 0 Å². The monoisotopic (exact) mass is 157 g/mol. The second kappa shape index (κ2) is 3.11. The van der Waals surface area contributed by atoms with Crippen molar-refractivity contribution in [3.05, 3.63) is 0 Å². The third-order valence-corrected chi connectivity index (χ3v) is 3.27. The van der Waals surface area contributed by atoms with Gasteiger partial charge in [-0.25, -0.2) is 0 Å². The van der Waals surface area contributed by atoms with Gasteiger partial charge in [-0.2, -0.15) is 0 Å². The van der Waals surface area contributed by atoms with Gasteiger partial charge in [0.15, 0.2) is 0 Å². The van der Waals surface area contributed by atoms with Crippen LogP contribution in [0.1, 0.15) is 20.8 Å². The average molecular weight is 157 g/mol. The van der Waals surface area contributed by atoms with Crippen LogP contribution in [0.3, 0.4) is 0 Å². The van der Waals surface area contributed by atoms with Crippen molar-refractivity contribution >= 4 is 0 Å². The Hall–Kier alpha value is -0.0800. The predicted molar refractivity (Wildman–Crippen MR) is 48.3 cm³/mol. The molecule has 1 aliphatic rings. The van der Waals surface area contributed by atoms with Crippen LogP contribution >= 0.6 is 0 Å². The smallest absolute Gasteiger partial charge is 0.135 e.